The Bertz CT molecular complexity index is 701. The quantitative estimate of drug-likeness (QED) is 0.898. The van der Waals surface area contributed by atoms with Gasteiger partial charge in [0.25, 0.3) is 0 Å². The van der Waals surface area contributed by atoms with Gasteiger partial charge in [0.15, 0.2) is 0 Å². The molecular formula is C16H14O5. The molecule has 108 valence electrons. The first-order chi connectivity index (χ1) is 9.90. The van der Waals surface area contributed by atoms with E-state index < -0.39 is 11.9 Å². The Hall–Kier alpha value is -2.82. The minimum atomic E-state index is -1.00. The van der Waals surface area contributed by atoms with Crippen LogP contribution in [0.2, 0.25) is 0 Å². The highest BCUT2D eigenvalue weighted by Gasteiger charge is 2.13. The van der Waals surface area contributed by atoms with Gasteiger partial charge < -0.3 is 14.9 Å². The van der Waals surface area contributed by atoms with Crippen molar-refractivity contribution in [2.75, 3.05) is 0 Å². The van der Waals surface area contributed by atoms with E-state index in [1.54, 1.807) is 32.0 Å². The Morgan fingerprint density at radius 3 is 2.00 bits per heavy atom. The maximum absolute atomic E-state index is 11.0. The van der Waals surface area contributed by atoms with E-state index in [9.17, 15) is 9.59 Å². The summed E-state index contributed by atoms with van der Waals surface area (Å²) in [6, 6.07) is 9.10. The average Bonchev–Trinajstić information content (AvgIpc) is 2.44. The Morgan fingerprint density at radius 2 is 1.48 bits per heavy atom. The molecule has 0 unspecified atom stereocenters. The van der Waals surface area contributed by atoms with Crippen molar-refractivity contribution in [3.8, 4) is 11.5 Å². The second kappa shape index (κ2) is 5.66. The van der Waals surface area contributed by atoms with Crippen molar-refractivity contribution in [3.63, 3.8) is 0 Å². The van der Waals surface area contributed by atoms with E-state index in [0.29, 0.717) is 17.1 Å². The van der Waals surface area contributed by atoms with Crippen molar-refractivity contribution in [2.24, 2.45) is 0 Å². The lowest BCUT2D eigenvalue weighted by Gasteiger charge is -2.12. The maximum atomic E-state index is 11.0. The second-order valence-electron chi connectivity index (χ2n) is 4.60. The fraction of sp³-hybridized carbons (Fsp3) is 0.125. The molecule has 0 heterocycles. The third-order valence-corrected chi connectivity index (χ3v) is 3.30. The molecule has 0 saturated heterocycles. The van der Waals surface area contributed by atoms with Gasteiger partial charge >= 0.3 is 11.9 Å². The summed E-state index contributed by atoms with van der Waals surface area (Å²) in [6.07, 6.45) is 0. The zero-order chi connectivity index (χ0) is 15.6. The second-order valence-corrected chi connectivity index (χ2v) is 4.60. The third-order valence-electron chi connectivity index (χ3n) is 3.30. The number of hydrogen-bond donors (Lipinski definition) is 2. The van der Waals surface area contributed by atoms with Gasteiger partial charge in [-0.25, -0.2) is 9.59 Å². The maximum Gasteiger partial charge on any atom is 0.335 e. The van der Waals surface area contributed by atoms with Gasteiger partial charge in [-0.2, -0.15) is 0 Å². The molecule has 0 fully saturated rings. The van der Waals surface area contributed by atoms with Crippen LogP contribution in [0.5, 0.6) is 11.5 Å². The summed E-state index contributed by atoms with van der Waals surface area (Å²) in [6.45, 7) is 3.50. The number of aromatic carboxylic acids is 2. The predicted octanol–water partition coefficient (Wildman–Crippen LogP) is 3.49. The molecule has 0 bridgehead atoms. The van der Waals surface area contributed by atoms with Crippen LogP contribution < -0.4 is 4.74 Å². The lowest BCUT2D eigenvalue weighted by atomic mass is 10.0. The third kappa shape index (κ3) is 3.02. The van der Waals surface area contributed by atoms with Gasteiger partial charge in [-0.15, -0.1) is 0 Å². The smallest absolute Gasteiger partial charge is 0.335 e. The van der Waals surface area contributed by atoms with Gasteiger partial charge in [0.2, 0.25) is 0 Å². The highest BCUT2D eigenvalue weighted by Crippen LogP contribution is 2.29. The molecule has 2 aromatic rings. The molecule has 2 aromatic carbocycles. The molecular weight excluding hydrogens is 272 g/mol. The van der Waals surface area contributed by atoms with Crippen LogP contribution in [-0.2, 0) is 0 Å². The molecule has 21 heavy (non-hydrogen) atoms. The van der Waals surface area contributed by atoms with Crippen LogP contribution in [0.3, 0.4) is 0 Å². The molecule has 0 atom stereocenters. The standard InChI is InChI=1S/C16H14O5/c1-9-10(2)14(8-7-13(9)16(19)20)21-12-5-3-11(4-6-12)15(17)18/h3-8H,1-2H3,(H,17,18)(H,19,20). The molecule has 0 aliphatic rings. The monoisotopic (exact) mass is 286 g/mol. The van der Waals surface area contributed by atoms with Gasteiger partial charge in [-0.3, -0.25) is 0 Å². The van der Waals surface area contributed by atoms with Gasteiger partial charge in [-0.1, -0.05) is 0 Å². The van der Waals surface area contributed by atoms with E-state index in [-0.39, 0.29) is 11.1 Å². The molecule has 0 radical (unpaired) electrons. The number of carbonyl (C=O) groups is 2. The molecule has 0 aromatic heterocycles. The lowest BCUT2D eigenvalue weighted by Crippen LogP contribution is -2.02. The van der Waals surface area contributed by atoms with E-state index >= 15 is 0 Å². The average molecular weight is 286 g/mol. The number of ether oxygens (including phenoxy) is 1. The fourth-order valence-electron chi connectivity index (χ4n) is 1.93. The molecule has 2 N–H and O–H groups in total. The lowest BCUT2D eigenvalue weighted by molar-refractivity contribution is 0.0685. The van der Waals surface area contributed by atoms with Crippen molar-refractivity contribution >= 4 is 11.9 Å². The van der Waals surface area contributed by atoms with Crippen LogP contribution >= 0.6 is 0 Å². The van der Waals surface area contributed by atoms with Gasteiger partial charge in [-0.05, 0) is 61.4 Å². The van der Waals surface area contributed by atoms with E-state index in [0.717, 1.165) is 5.56 Å². The van der Waals surface area contributed by atoms with E-state index in [1.807, 2.05) is 0 Å². The molecule has 0 spiro atoms. The molecule has 0 saturated carbocycles. The number of hydrogen-bond acceptors (Lipinski definition) is 3. The normalized spacial score (nSPS) is 10.2. The van der Waals surface area contributed by atoms with Crippen LogP contribution in [0, 0.1) is 13.8 Å². The summed E-state index contributed by atoms with van der Waals surface area (Å²) in [7, 11) is 0. The summed E-state index contributed by atoms with van der Waals surface area (Å²) < 4.78 is 5.67. The summed E-state index contributed by atoms with van der Waals surface area (Å²) in [5, 5.41) is 17.9. The molecule has 0 aliphatic heterocycles. The number of carboxylic acid groups (broad SMARTS) is 2. The summed E-state index contributed by atoms with van der Waals surface area (Å²) in [4.78, 5) is 21.8. The Kier molecular flexibility index (Phi) is 3.93. The minimum Gasteiger partial charge on any atom is -0.478 e. The molecule has 0 amide bonds. The molecule has 5 nitrogen and oxygen atoms in total. The first-order valence-corrected chi connectivity index (χ1v) is 6.25. The van der Waals surface area contributed by atoms with E-state index in [2.05, 4.69) is 0 Å². The summed E-state index contributed by atoms with van der Waals surface area (Å²) in [5.74, 6) is -0.946. The zero-order valence-corrected chi connectivity index (χ0v) is 11.6. The van der Waals surface area contributed by atoms with Crippen LogP contribution in [0.1, 0.15) is 31.8 Å². The van der Waals surface area contributed by atoms with Gasteiger partial charge in [0, 0.05) is 0 Å². The zero-order valence-electron chi connectivity index (χ0n) is 11.6. The predicted molar refractivity (Wildman–Crippen MR) is 76.4 cm³/mol. The van der Waals surface area contributed by atoms with Crippen molar-refractivity contribution in [1.82, 2.24) is 0 Å². The van der Waals surface area contributed by atoms with Crippen LogP contribution in [-0.4, -0.2) is 22.2 Å². The highest BCUT2D eigenvalue weighted by molar-refractivity contribution is 5.90. The molecule has 0 aliphatic carbocycles. The van der Waals surface area contributed by atoms with Gasteiger partial charge in [0.1, 0.15) is 11.5 Å². The van der Waals surface area contributed by atoms with Crippen LogP contribution in [0.4, 0.5) is 0 Å². The van der Waals surface area contributed by atoms with Crippen molar-refractivity contribution < 1.29 is 24.5 Å². The summed E-state index contributed by atoms with van der Waals surface area (Å²) in [5.41, 5.74) is 1.79. The minimum absolute atomic E-state index is 0.177. The SMILES string of the molecule is Cc1c(Oc2ccc(C(=O)O)cc2)ccc(C(=O)O)c1C. The number of benzene rings is 2. The first kappa shape index (κ1) is 14.6. The van der Waals surface area contributed by atoms with E-state index in [4.69, 9.17) is 14.9 Å². The van der Waals surface area contributed by atoms with Crippen molar-refractivity contribution in [1.29, 1.82) is 0 Å². The van der Waals surface area contributed by atoms with Crippen LogP contribution in [0.25, 0.3) is 0 Å². The first-order valence-electron chi connectivity index (χ1n) is 6.25. The van der Waals surface area contributed by atoms with E-state index in [1.165, 1.54) is 18.2 Å². The molecule has 2 rings (SSSR count). The fourth-order valence-corrected chi connectivity index (χ4v) is 1.93. The summed E-state index contributed by atoms with van der Waals surface area (Å²) >= 11 is 0. The van der Waals surface area contributed by atoms with Crippen LogP contribution in [0.15, 0.2) is 36.4 Å². The highest BCUT2D eigenvalue weighted by atomic mass is 16.5. The number of rotatable bonds is 4. The largest absolute Gasteiger partial charge is 0.478 e. The van der Waals surface area contributed by atoms with Crippen molar-refractivity contribution in [3.05, 3.63) is 58.7 Å². The topological polar surface area (TPSA) is 83.8 Å². The molecule has 5 heteroatoms. The Morgan fingerprint density at radius 1 is 0.857 bits per heavy atom. The Balaban J connectivity index is 2.29. The van der Waals surface area contributed by atoms with Crippen molar-refractivity contribution in [2.45, 2.75) is 13.8 Å². The van der Waals surface area contributed by atoms with Gasteiger partial charge in [0.05, 0.1) is 11.1 Å². The Labute approximate surface area is 121 Å². The number of carboxylic acids is 2.